The van der Waals surface area contributed by atoms with Crippen molar-refractivity contribution in [1.82, 2.24) is 4.98 Å². The summed E-state index contributed by atoms with van der Waals surface area (Å²) in [6, 6.07) is 7.41. The van der Waals surface area contributed by atoms with Gasteiger partial charge in [-0.15, -0.1) is 11.3 Å². The predicted octanol–water partition coefficient (Wildman–Crippen LogP) is 3.64. The molecule has 0 saturated heterocycles. The highest BCUT2D eigenvalue weighted by molar-refractivity contribution is 7.99. The quantitative estimate of drug-likeness (QED) is 0.882. The van der Waals surface area contributed by atoms with Gasteiger partial charge in [0.15, 0.2) is 0 Å². The lowest BCUT2D eigenvalue weighted by Crippen LogP contribution is -2.13. The zero-order chi connectivity index (χ0) is 15.2. The molecule has 0 aliphatic rings. The zero-order valence-corrected chi connectivity index (χ0v) is 13.9. The Morgan fingerprint density at radius 1 is 1.33 bits per heavy atom. The SMILES string of the molecule is CSCC(=O)Nc1ccc(OCc2sc(C)nc2C)cc1. The fourth-order valence-electron chi connectivity index (χ4n) is 1.82. The number of rotatable bonds is 6. The Balaban J connectivity index is 1.90. The number of aryl methyl sites for hydroxylation is 2. The number of hydrogen-bond donors (Lipinski definition) is 1. The van der Waals surface area contributed by atoms with Crippen LogP contribution in [0.5, 0.6) is 5.75 Å². The second kappa shape index (κ2) is 7.47. The molecule has 0 radical (unpaired) electrons. The highest BCUT2D eigenvalue weighted by atomic mass is 32.2. The van der Waals surface area contributed by atoms with Gasteiger partial charge < -0.3 is 10.1 Å². The van der Waals surface area contributed by atoms with E-state index in [9.17, 15) is 4.79 Å². The van der Waals surface area contributed by atoms with Gasteiger partial charge >= 0.3 is 0 Å². The third-order valence-electron chi connectivity index (χ3n) is 2.78. The lowest BCUT2D eigenvalue weighted by Gasteiger charge is -2.07. The number of benzene rings is 1. The summed E-state index contributed by atoms with van der Waals surface area (Å²) in [7, 11) is 0. The Morgan fingerprint density at radius 2 is 2.05 bits per heavy atom. The van der Waals surface area contributed by atoms with E-state index in [1.807, 2.05) is 44.4 Å². The average molecular weight is 322 g/mol. The van der Waals surface area contributed by atoms with Crippen molar-refractivity contribution >= 4 is 34.7 Å². The summed E-state index contributed by atoms with van der Waals surface area (Å²) in [6.07, 6.45) is 1.90. The van der Waals surface area contributed by atoms with Gasteiger partial charge in [-0.2, -0.15) is 11.8 Å². The van der Waals surface area contributed by atoms with Crippen LogP contribution in [0.4, 0.5) is 5.69 Å². The molecule has 1 N–H and O–H groups in total. The Labute approximate surface area is 132 Å². The van der Waals surface area contributed by atoms with Crippen molar-refractivity contribution in [2.45, 2.75) is 20.5 Å². The van der Waals surface area contributed by atoms with E-state index in [4.69, 9.17) is 4.74 Å². The molecule has 0 aliphatic carbocycles. The number of thioether (sulfide) groups is 1. The molecule has 2 rings (SSSR count). The number of carbonyl (C=O) groups is 1. The molecule has 1 aromatic carbocycles. The first kappa shape index (κ1) is 15.9. The van der Waals surface area contributed by atoms with Crippen LogP contribution >= 0.6 is 23.1 Å². The molecular formula is C15H18N2O2S2. The smallest absolute Gasteiger partial charge is 0.234 e. The molecule has 4 nitrogen and oxygen atoms in total. The minimum Gasteiger partial charge on any atom is -0.488 e. The number of nitrogens with zero attached hydrogens (tertiary/aromatic N) is 1. The fourth-order valence-corrected chi connectivity index (χ4v) is 3.00. The van der Waals surface area contributed by atoms with E-state index in [0.717, 1.165) is 27.0 Å². The summed E-state index contributed by atoms with van der Waals surface area (Å²) < 4.78 is 5.75. The molecule has 0 spiro atoms. The van der Waals surface area contributed by atoms with Gasteiger partial charge in [-0.05, 0) is 44.4 Å². The third-order valence-corrected chi connectivity index (χ3v) is 4.38. The second-order valence-corrected chi connectivity index (χ2v) is 6.69. The van der Waals surface area contributed by atoms with Crippen LogP contribution in [0.2, 0.25) is 0 Å². The maximum atomic E-state index is 11.5. The number of aromatic nitrogens is 1. The van der Waals surface area contributed by atoms with E-state index in [1.165, 1.54) is 11.8 Å². The normalized spacial score (nSPS) is 10.4. The first-order valence-corrected chi connectivity index (χ1v) is 8.74. The largest absolute Gasteiger partial charge is 0.488 e. The van der Waals surface area contributed by atoms with Crippen LogP contribution < -0.4 is 10.1 Å². The minimum absolute atomic E-state index is 0.00642. The Kier molecular flexibility index (Phi) is 5.64. The van der Waals surface area contributed by atoms with E-state index in [-0.39, 0.29) is 5.91 Å². The van der Waals surface area contributed by atoms with Crippen LogP contribution in [0.15, 0.2) is 24.3 Å². The number of nitrogens with one attached hydrogen (secondary N) is 1. The summed E-state index contributed by atoms with van der Waals surface area (Å²) in [5, 5.41) is 3.89. The molecule has 0 bridgehead atoms. The monoisotopic (exact) mass is 322 g/mol. The summed E-state index contributed by atoms with van der Waals surface area (Å²) in [5.74, 6) is 1.25. The summed E-state index contributed by atoms with van der Waals surface area (Å²) >= 11 is 3.15. The van der Waals surface area contributed by atoms with Gasteiger partial charge in [0.25, 0.3) is 0 Å². The van der Waals surface area contributed by atoms with Gasteiger partial charge in [0, 0.05) is 5.69 Å². The molecule has 1 amide bonds. The van der Waals surface area contributed by atoms with Crippen LogP contribution in [0.25, 0.3) is 0 Å². The van der Waals surface area contributed by atoms with Crippen molar-refractivity contribution < 1.29 is 9.53 Å². The van der Waals surface area contributed by atoms with Crippen LogP contribution in [-0.4, -0.2) is 22.9 Å². The third kappa shape index (κ3) is 4.75. The van der Waals surface area contributed by atoms with E-state index >= 15 is 0 Å². The first-order chi connectivity index (χ1) is 10.1. The number of anilines is 1. The first-order valence-electron chi connectivity index (χ1n) is 6.53. The Morgan fingerprint density at radius 3 is 2.62 bits per heavy atom. The van der Waals surface area contributed by atoms with Gasteiger partial charge in [-0.1, -0.05) is 0 Å². The van der Waals surface area contributed by atoms with Crippen LogP contribution in [0, 0.1) is 13.8 Å². The van der Waals surface area contributed by atoms with Gasteiger partial charge in [0.1, 0.15) is 12.4 Å². The highest BCUT2D eigenvalue weighted by Crippen LogP contribution is 2.21. The van der Waals surface area contributed by atoms with Crippen molar-refractivity contribution in [2.24, 2.45) is 0 Å². The van der Waals surface area contributed by atoms with E-state index in [2.05, 4.69) is 10.3 Å². The zero-order valence-electron chi connectivity index (χ0n) is 12.3. The van der Waals surface area contributed by atoms with Gasteiger partial charge in [0.05, 0.1) is 21.3 Å². The lowest BCUT2D eigenvalue weighted by atomic mass is 10.3. The number of amides is 1. The van der Waals surface area contributed by atoms with E-state index < -0.39 is 0 Å². The molecule has 6 heteroatoms. The van der Waals surface area contributed by atoms with Crippen molar-refractivity contribution in [3.63, 3.8) is 0 Å². The summed E-state index contributed by atoms with van der Waals surface area (Å²) in [6.45, 7) is 4.51. The Hall–Kier alpha value is -1.53. The molecule has 0 aliphatic heterocycles. The van der Waals surface area contributed by atoms with Crippen LogP contribution in [-0.2, 0) is 11.4 Å². The van der Waals surface area contributed by atoms with Crippen molar-refractivity contribution in [1.29, 1.82) is 0 Å². The molecule has 0 unspecified atom stereocenters. The lowest BCUT2D eigenvalue weighted by molar-refractivity contribution is -0.113. The highest BCUT2D eigenvalue weighted by Gasteiger charge is 2.06. The van der Waals surface area contributed by atoms with Crippen LogP contribution in [0.3, 0.4) is 0 Å². The minimum atomic E-state index is 0.00642. The number of carbonyl (C=O) groups excluding carboxylic acids is 1. The molecule has 0 atom stereocenters. The molecule has 21 heavy (non-hydrogen) atoms. The standard InChI is InChI=1S/C15H18N2O2S2/c1-10-14(21-11(2)16-10)8-19-13-6-4-12(5-7-13)17-15(18)9-20-3/h4-7H,8-9H2,1-3H3,(H,17,18). The summed E-state index contributed by atoms with van der Waals surface area (Å²) in [5.41, 5.74) is 1.81. The molecule has 1 heterocycles. The molecule has 1 aromatic heterocycles. The number of hydrogen-bond acceptors (Lipinski definition) is 5. The maximum absolute atomic E-state index is 11.5. The fraction of sp³-hybridized carbons (Fsp3) is 0.333. The van der Waals surface area contributed by atoms with Crippen molar-refractivity contribution in [2.75, 3.05) is 17.3 Å². The maximum Gasteiger partial charge on any atom is 0.234 e. The summed E-state index contributed by atoms with van der Waals surface area (Å²) in [4.78, 5) is 17.0. The molecule has 112 valence electrons. The average Bonchev–Trinajstić information content (AvgIpc) is 2.76. The van der Waals surface area contributed by atoms with Gasteiger partial charge in [0.2, 0.25) is 5.91 Å². The topological polar surface area (TPSA) is 51.2 Å². The molecule has 0 saturated carbocycles. The molecule has 2 aromatic rings. The van der Waals surface area contributed by atoms with Crippen molar-refractivity contribution in [3.8, 4) is 5.75 Å². The van der Waals surface area contributed by atoms with Gasteiger partial charge in [-0.25, -0.2) is 4.98 Å². The van der Waals surface area contributed by atoms with Crippen molar-refractivity contribution in [3.05, 3.63) is 39.8 Å². The van der Waals surface area contributed by atoms with E-state index in [1.54, 1.807) is 11.3 Å². The molecular weight excluding hydrogens is 304 g/mol. The number of ether oxygens (including phenoxy) is 1. The second-order valence-electron chi connectivity index (χ2n) is 4.54. The number of thiazole rings is 1. The molecule has 0 fully saturated rings. The van der Waals surface area contributed by atoms with Crippen LogP contribution in [0.1, 0.15) is 15.6 Å². The van der Waals surface area contributed by atoms with E-state index in [0.29, 0.717) is 12.4 Å². The Bertz CT molecular complexity index is 609. The predicted molar refractivity (Wildman–Crippen MR) is 89.4 cm³/mol. The van der Waals surface area contributed by atoms with Gasteiger partial charge in [-0.3, -0.25) is 4.79 Å².